The first-order valence-corrected chi connectivity index (χ1v) is 5.62. The van der Waals surface area contributed by atoms with E-state index in [0.717, 1.165) is 25.3 Å². The zero-order valence-electron chi connectivity index (χ0n) is 9.55. The van der Waals surface area contributed by atoms with Crippen molar-refractivity contribution in [3.8, 4) is 6.07 Å². The molecule has 0 amide bonds. The predicted octanol–water partition coefficient (Wildman–Crippen LogP) is 1.63. The first-order chi connectivity index (χ1) is 8.23. The molecule has 1 unspecified atom stereocenters. The van der Waals surface area contributed by atoms with Gasteiger partial charge in [-0.1, -0.05) is 0 Å². The highest BCUT2D eigenvalue weighted by atomic mass is 16.5. The third-order valence-electron chi connectivity index (χ3n) is 3.23. The molecule has 0 aliphatic carbocycles. The number of hydrogen-bond donors (Lipinski definition) is 0. The normalized spacial score (nSPS) is 24.0. The number of aromatic nitrogens is 3. The van der Waals surface area contributed by atoms with E-state index in [2.05, 4.69) is 16.3 Å². The van der Waals surface area contributed by atoms with Crippen LogP contribution in [-0.2, 0) is 10.3 Å². The lowest BCUT2D eigenvalue weighted by atomic mass is 10.0. The van der Waals surface area contributed by atoms with Crippen molar-refractivity contribution in [2.45, 2.75) is 25.4 Å². The molecule has 2 aromatic rings. The van der Waals surface area contributed by atoms with Gasteiger partial charge in [0.2, 0.25) is 0 Å². The van der Waals surface area contributed by atoms with E-state index in [1.165, 1.54) is 0 Å². The smallest absolute Gasteiger partial charge is 0.169 e. The first kappa shape index (κ1) is 10.2. The summed E-state index contributed by atoms with van der Waals surface area (Å²) in [5.41, 5.74) is 0.929. The zero-order valence-corrected chi connectivity index (χ0v) is 9.55. The van der Waals surface area contributed by atoms with Crippen molar-refractivity contribution in [2.75, 3.05) is 6.61 Å². The van der Waals surface area contributed by atoms with Crippen LogP contribution in [0.5, 0.6) is 0 Å². The van der Waals surface area contributed by atoms with Crippen LogP contribution in [0.3, 0.4) is 0 Å². The zero-order chi connectivity index (χ0) is 11.9. The highest BCUT2D eigenvalue weighted by Crippen LogP contribution is 2.34. The molecule has 0 saturated carbocycles. The molecule has 17 heavy (non-hydrogen) atoms. The number of fused-ring (bicyclic) bond motifs is 1. The van der Waals surface area contributed by atoms with Crippen molar-refractivity contribution in [2.24, 2.45) is 0 Å². The summed E-state index contributed by atoms with van der Waals surface area (Å²) in [5.74, 6) is 0.814. The highest BCUT2D eigenvalue weighted by molar-refractivity contribution is 5.46. The van der Waals surface area contributed by atoms with Gasteiger partial charge in [-0.2, -0.15) is 5.26 Å². The van der Waals surface area contributed by atoms with Crippen LogP contribution in [0.25, 0.3) is 5.65 Å². The number of nitriles is 1. The minimum atomic E-state index is -0.354. The Labute approximate surface area is 98.6 Å². The molecule has 1 aliphatic heterocycles. The quantitative estimate of drug-likeness (QED) is 0.744. The third kappa shape index (κ3) is 1.49. The summed E-state index contributed by atoms with van der Waals surface area (Å²) < 4.78 is 7.66. The van der Waals surface area contributed by atoms with Gasteiger partial charge < -0.3 is 4.74 Å². The Kier molecular flexibility index (Phi) is 2.13. The van der Waals surface area contributed by atoms with Crippen LogP contribution in [0.1, 0.15) is 31.2 Å². The van der Waals surface area contributed by atoms with Gasteiger partial charge in [-0.15, -0.1) is 10.2 Å². The van der Waals surface area contributed by atoms with Crippen molar-refractivity contribution in [1.29, 1.82) is 5.26 Å². The Morgan fingerprint density at radius 3 is 3.12 bits per heavy atom. The lowest BCUT2D eigenvalue weighted by Gasteiger charge is -2.20. The Morgan fingerprint density at radius 1 is 1.53 bits per heavy atom. The topological polar surface area (TPSA) is 63.2 Å². The number of hydrogen-bond acceptors (Lipinski definition) is 4. The number of pyridine rings is 1. The van der Waals surface area contributed by atoms with E-state index in [9.17, 15) is 0 Å². The van der Waals surface area contributed by atoms with E-state index in [-0.39, 0.29) is 5.60 Å². The Bertz CT molecular complexity index is 604. The molecule has 1 aliphatic rings. The fourth-order valence-electron chi connectivity index (χ4n) is 2.28. The van der Waals surface area contributed by atoms with Crippen molar-refractivity contribution in [3.05, 3.63) is 29.7 Å². The molecule has 5 nitrogen and oxygen atoms in total. The average Bonchev–Trinajstić information content (AvgIpc) is 2.95. The summed E-state index contributed by atoms with van der Waals surface area (Å²) in [6, 6.07) is 5.59. The Morgan fingerprint density at radius 2 is 2.41 bits per heavy atom. The minimum absolute atomic E-state index is 0.354. The monoisotopic (exact) mass is 228 g/mol. The summed E-state index contributed by atoms with van der Waals surface area (Å²) in [6.07, 6.45) is 3.83. The number of nitrogens with zero attached hydrogens (tertiary/aromatic N) is 4. The predicted molar refractivity (Wildman–Crippen MR) is 60.2 cm³/mol. The van der Waals surface area contributed by atoms with Crippen LogP contribution in [0.15, 0.2) is 18.3 Å². The second-order valence-electron chi connectivity index (χ2n) is 4.46. The fourth-order valence-corrected chi connectivity index (χ4v) is 2.28. The highest BCUT2D eigenvalue weighted by Gasteiger charge is 2.36. The van der Waals surface area contributed by atoms with Gasteiger partial charge in [-0.05, 0) is 25.8 Å². The maximum Gasteiger partial charge on any atom is 0.169 e. The van der Waals surface area contributed by atoms with Crippen molar-refractivity contribution < 1.29 is 4.74 Å². The molecule has 5 heteroatoms. The van der Waals surface area contributed by atoms with Crippen LogP contribution >= 0.6 is 0 Å². The van der Waals surface area contributed by atoms with E-state index in [1.54, 1.807) is 12.1 Å². The Balaban J connectivity index is 2.16. The van der Waals surface area contributed by atoms with Gasteiger partial charge in [-0.25, -0.2) is 0 Å². The molecule has 1 fully saturated rings. The van der Waals surface area contributed by atoms with Gasteiger partial charge in [0.15, 0.2) is 11.5 Å². The number of rotatable bonds is 1. The second-order valence-corrected chi connectivity index (χ2v) is 4.46. The number of ether oxygens (including phenoxy) is 1. The van der Waals surface area contributed by atoms with Gasteiger partial charge in [0.1, 0.15) is 5.60 Å². The molecule has 86 valence electrons. The molecule has 0 bridgehead atoms. The van der Waals surface area contributed by atoms with Crippen LogP contribution in [0.2, 0.25) is 0 Å². The largest absolute Gasteiger partial charge is 0.367 e. The van der Waals surface area contributed by atoms with Gasteiger partial charge in [0.25, 0.3) is 0 Å². The van der Waals surface area contributed by atoms with Crippen molar-refractivity contribution in [1.82, 2.24) is 14.6 Å². The molecule has 0 N–H and O–H groups in total. The lowest BCUT2D eigenvalue weighted by molar-refractivity contribution is 0.00854. The van der Waals surface area contributed by atoms with E-state index < -0.39 is 0 Å². The maximum atomic E-state index is 8.83. The molecule has 0 radical (unpaired) electrons. The van der Waals surface area contributed by atoms with Crippen LogP contribution in [0, 0.1) is 11.3 Å². The minimum Gasteiger partial charge on any atom is -0.367 e. The summed E-state index contributed by atoms with van der Waals surface area (Å²) in [5, 5.41) is 17.1. The SMILES string of the molecule is CC1(c2nnc3cc(C#N)ccn23)CCCO1. The van der Waals surface area contributed by atoms with Crippen molar-refractivity contribution >= 4 is 5.65 Å². The Hall–Kier alpha value is -1.93. The lowest BCUT2D eigenvalue weighted by Crippen LogP contribution is -2.23. The fraction of sp³-hybridized carbons (Fsp3) is 0.417. The summed E-state index contributed by atoms with van der Waals surface area (Å²) in [4.78, 5) is 0. The summed E-state index contributed by atoms with van der Waals surface area (Å²) >= 11 is 0. The maximum absolute atomic E-state index is 8.83. The average molecular weight is 228 g/mol. The standard InChI is InChI=1S/C12H12N4O/c1-12(4-2-6-17-12)11-15-14-10-7-9(8-13)3-5-16(10)11/h3,5,7H,2,4,6H2,1H3. The van der Waals surface area contributed by atoms with Gasteiger partial charge >= 0.3 is 0 Å². The van der Waals surface area contributed by atoms with Gasteiger partial charge in [-0.3, -0.25) is 4.40 Å². The molecule has 3 rings (SSSR count). The third-order valence-corrected chi connectivity index (χ3v) is 3.23. The summed E-state index contributed by atoms with van der Waals surface area (Å²) in [7, 11) is 0. The molecule has 1 saturated heterocycles. The van der Waals surface area contributed by atoms with Crippen LogP contribution in [-0.4, -0.2) is 21.2 Å². The summed E-state index contributed by atoms with van der Waals surface area (Å²) in [6.45, 7) is 2.80. The molecule has 0 aromatic carbocycles. The first-order valence-electron chi connectivity index (χ1n) is 5.62. The molecule has 1 atom stereocenters. The van der Waals surface area contributed by atoms with Crippen LogP contribution in [0.4, 0.5) is 0 Å². The van der Waals surface area contributed by atoms with Gasteiger partial charge in [0.05, 0.1) is 11.6 Å². The van der Waals surface area contributed by atoms with E-state index >= 15 is 0 Å². The van der Waals surface area contributed by atoms with Crippen molar-refractivity contribution in [3.63, 3.8) is 0 Å². The van der Waals surface area contributed by atoms with Crippen LogP contribution < -0.4 is 0 Å². The van der Waals surface area contributed by atoms with Gasteiger partial charge in [0, 0.05) is 18.9 Å². The van der Waals surface area contributed by atoms with E-state index in [1.807, 2.05) is 17.5 Å². The molecule has 2 aromatic heterocycles. The second kappa shape index (κ2) is 3.54. The molecule has 3 heterocycles. The molecular weight excluding hydrogens is 216 g/mol. The van der Waals surface area contributed by atoms with E-state index in [0.29, 0.717) is 11.2 Å². The molecular formula is C12H12N4O. The van der Waals surface area contributed by atoms with E-state index in [4.69, 9.17) is 10.00 Å². The molecule has 0 spiro atoms.